The van der Waals surface area contributed by atoms with E-state index in [1.807, 2.05) is 18.2 Å². The predicted octanol–water partition coefficient (Wildman–Crippen LogP) is 2.07. The second-order valence-corrected chi connectivity index (χ2v) is 7.91. The van der Waals surface area contributed by atoms with Gasteiger partial charge < -0.3 is 15.0 Å². The molecule has 2 heterocycles. The molecule has 2 fully saturated rings. The molecule has 4 rings (SSSR count). The van der Waals surface area contributed by atoms with Gasteiger partial charge in [-0.2, -0.15) is 5.26 Å². The minimum Gasteiger partial charge on any atom is -0.374 e. The summed E-state index contributed by atoms with van der Waals surface area (Å²) >= 11 is 1.54. The molecule has 2 aliphatic rings. The third-order valence-electron chi connectivity index (χ3n) is 4.81. The number of hydrogen-bond acceptors (Lipinski definition) is 6. The molecule has 0 spiro atoms. The zero-order valence-corrected chi connectivity index (χ0v) is 16.1. The van der Waals surface area contributed by atoms with Gasteiger partial charge in [0.1, 0.15) is 6.04 Å². The largest absolute Gasteiger partial charge is 0.374 e. The van der Waals surface area contributed by atoms with Crippen LogP contribution in [0.5, 0.6) is 0 Å². The molecular formula is C20H20N4O3S. The number of hydrogen-bond donors (Lipinski definition) is 1. The van der Waals surface area contributed by atoms with Gasteiger partial charge in [0.05, 0.1) is 42.3 Å². The molecule has 0 radical (unpaired) electrons. The number of carbonyl (C=O) groups is 2. The van der Waals surface area contributed by atoms with Crippen molar-refractivity contribution >= 4 is 34.5 Å². The van der Waals surface area contributed by atoms with Crippen molar-refractivity contribution in [1.82, 2.24) is 15.2 Å². The van der Waals surface area contributed by atoms with Crippen molar-refractivity contribution in [2.45, 2.75) is 31.6 Å². The highest BCUT2D eigenvalue weighted by molar-refractivity contribution is 7.99. The van der Waals surface area contributed by atoms with Gasteiger partial charge in [-0.05, 0) is 36.6 Å². The van der Waals surface area contributed by atoms with Crippen LogP contribution in [-0.2, 0) is 16.1 Å². The topological polar surface area (TPSA) is 95.3 Å². The van der Waals surface area contributed by atoms with Crippen LogP contribution in [0, 0.1) is 11.3 Å². The number of fused-ring (bicyclic) bond motifs is 1. The van der Waals surface area contributed by atoms with Crippen molar-refractivity contribution in [3.8, 4) is 6.07 Å². The Balaban J connectivity index is 1.46. The first kappa shape index (κ1) is 18.7. The molecule has 7 nitrogen and oxygen atoms in total. The first-order valence-corrected chi connectivity index (χ1v) is 10.4. The second-order valence-electron chi connectivity index (χ2n) is 6.91. The highest BCUT2D eigenvalue weighted by Gasteiger charge is 2.29. The van der Waals surface area contributed by atoms with Gasteiger partial charge in [-0.25, -0.2) is 0 Å². The minimum absolute atomic E-state index is 0.133. The lowest BCUT2D eigenvalue weighted by Gasteiger charge is -2.18. The van der Waals surface area contributed by atoms with Crippen molar-refractivity contribution in [3.05, 3.63) is 41.6 Å². The molecule has 1 saturated carbocycles. The number of nitrogens with one attached hydrogen (secondary N) is 1. The van der Waals surface area contributed by atoms with Gasteiger partial charge in [-0.1, -0.05) is 6.07 Å². The highest BCUT2D eigenvalue weighted by Crippen LogP contribution is 2.26. The number of rotatable bonds is 6. The fourth-order valence-corrected chi connectivity index (χ4v) is 4.18. The van der Waals surface area contributed by atoms with Gasteiger partial charge >= 0.3 is 0 Å². The Bertz CT molecular complexity index is 954. The summed E-state index contributed by atoms with van der Waals surface area (Å²) < 4.78 is 5.75. The average molecular weight is 396 g/mol. The molecule has 1 atom stereocenters. The van der Waals surface area contributed by atoms with Crippen molar-refractivity contribution in [2.75, 3.05) is 18.2 Å². The number of benzene rings is 1. The molecule has 1 N–H and O–H groups in total. The minimum atomic E-state index is -0.426. The standard InChI is InChI=1S/C20H20N4O3S/c21-8-14-11-28-12-24(14)19(25)9-23-20(26)16-5-6-22-18-4-1-13(7-17(16)18)10-27-15-2-3-15/h1,4-7,14-15H,2-3,9-12H2,(H,23,26)/t14-/m1/s1. The molecule has 1 aliphatic carbocycles. The monoisotopic (exact) mass is 396 g/mol. The Hall–Kier alpha value is -2.63. The van der Waals surface area contributed by atoms with E-state index in [1.165, 1.54) is 16.7 Å². The van der Waals surface area contributed by atoms with Gasteiger partial charge in [0.15, 0.2) is 0 Å². The maximum atomic E-state index is 12.7. The van der Waals surface area contributed by atoms with Gasteiger partial charge in [-0.15, -0.1) is 11.8 Å². The molecule has 2 amide bonds. The lowest BCUT2D eigenvalue weighted by Crippen LogP contribution is -2.42. The van der Waals surface area contributed by atoms with Gasteiger partial charge in [-0.3, -0.25) is 14.6 Å². The van der Waals surface area contributed by atoms with Crippen LogP contribution in [0.15, 0.2) is 30.5 Å². The number of amides is 2. The van der Waals surface area contributed by atoms with E-state index in [1.54, 1.807) is 12.3 Å². The summed E-state index contributed by atoms with van der Waals surface area (Å²) in [5.41, 5.74) is 2.18. The van der Waals surface area contributed by atoms with Crippen LogP contribution in [0.4, 0.5) is 0 Å². The van der Waals surface area contributed by atoms with E-state index in [-0.39, 0.29) is 18.4 Å². The first-order chi connectivity index (χ1) is 13.7. The van der Waals surface area contributed by atoms with Crippen molar-refractivity contribution in [2.24, 2.45) is 0 Å². The molecule has 8 heteroatoms. The normalized spacial score (nSPS) is 18.8. The summed E-state index contributed by atoms with van der Waals surface area (Å²) in [6.45, 7) is 0.378. The van der Waals surface area contributed by atoms with E-state index < -0.39 is 6.04 Å². The van der Waals surface area contributed by atoms with E-state index >= 15 is 0 Å². The van der Waals surface area contributed by atoms with Gasteiger partial charge in [0, 0.05) is 17.3 Å². The molecule has 2 aromatic rings. The third-order valence-corrected chi connectivity index (χ3v) is 5.82. The predicted molar refractivity (Wildman–Crippen MR) is 105 cm³/mol. The summed E-state index contributed by atoms with van der Waals surface area (Å²) in [6.07, 6.45) is 4.17. The van der Waals surface area contributed by atoms with Crippen LogP contribution in [-0.4, -0.2) is 52.0 Å². The number of nitriles is 1. The Morgan fingerprint density at radius 1 is 1.36 bits per heavy atom. The number of nitrogens with zero attached hydrogens (tertiary/aromatic N) is 3. The second kappa shape index (κ2) is 8.17. The Morgan fingerprint density at radius 2 is 2.21 bits per heavy atom. The van der Waals surface area contributed by atoms with Crippen molar-refractivity contribution < 1.29 is 14.3 Å². The van der Waals surface area contributed by atoms with E-state index in [4.69, 9.17) is 10.00 Å². The van der Waals surface area contributed by atoms with Crippen LogP contribution in [0.1, 0.15) is 28.8 Å². The number of pyridine rings is 1. The van der Waals surface area contributed by atoms with Crippen LogP contribution in [0.2, 0.25) is 0 Å². The Morgan fingerprint density at radius 3 is 3.00 bits per heavy atom. The maximum absolute atomic E-state index is 12.7. The average Bonchev–Trinajstić information content (AvgIpc) is 3.43. The lowest BCUT2D eigenvalue weighted by molar-refractivity contribution is -0.129. The summed E-state index contributed by atoms with van der Waals surface area (Å²) in [5.74, 6) is 0.509. The van der Waals surface area contributed by atoms with E-state index in [0.717, 1.165) is 29.3 Å². The molecule has 1 aromatic heterocycles. The van der Waals surface area contributed by atoms with E-state index in [2.05, 4.69) is 16.4 Å². The Labute approximate surface area is 167 Å². The van der Waals surface area contributed by atoms with Crippen molar-refractivity contribution in [3.63, 3.8) is 0 Å². The molecule has 1 aliphatic heterocycles. The molecule has 0 bridgehead atoms. The number of ether oxygens (including phenoxy) is 1. The molecule has 0 unspecified atom stereocenters. The quantitative estimate of drug-likeness (QED) is 0.803. The molecule has 28 heavy (non-hydrogen) atoms. The summed E-state index contributed by atoms with van der Waals surface area (Å²) in [4.78, 5) is 30.9. The molecular weight excluding hydrogens is 376 g/mol. The highest BCUT2D eigenvalue weighted by atomic mass is 32.2. The summed E-state index contributed by atoms with van der Waals surface area (Å²) in [7, 11) is 0. The van der Waals surface area contributed by atoms with Gasteiger partial charge in [0.2, 0.25) is 5.91 Å². The van der Waals surface area contributed by atoms with Crippen molar-refractivity contribution in [1.29, 1.82) is 5.26 Å². The van der Waals surface area contributed by atoms with Crippen LogP contribution in [0.3, 0.4) is 0 Å². The fourth-order valence-electron chi connectivity index (χ4n) is 3.08. The molecule has 1 saturated heterocycles. The number of carbonyl (C=O) groups excluding carboxylic acids is 2. The number of thioether (sulfide) groups is 1. The van der Waals surface area contributed by atoms with Crippen LogP contribution < -0.4 is 5.32 Å². The van der Waals surface area contributed by atoms with Crippen LogP contribution in [0.25, 0.3) is 10.9 Å². The van der Waals surface area contributed by atoms with E-state index in [0.29, 0.717) is 29.9 Å². The van der Waals surface area contributed by atoms with E-state index in [9.17, 15) is 9.59 Å². The first-order valence-electron chi connectivity index (χ1n) is 9.20. The van der Waals surface area contributed by atoms with Gasteiger partial charge in [0.25, 0.3) is 5.91 Å². The molecule has 144 valence electrons. The third kappa shape index (κ3) is 4.11. The fraction of sp³-hybridized carbons (Fsp3) is 0.400. The zero-order valence-electron chi connectivity index (χ0n) is 15.3. The smallest absolute Gasteiger partial charge is 0.252 e. The maximum Gasteiger partial charge on any atom is 0.252 e. The lowest BCUT2D eigenvalue weighted by atomic mass is 10.1. The van der Waals surface area contributed by atoms with Crippen LogP contribution >= 0.6 is 11.8 Å². The Kier molecular flexibility index (Phi) is 5.46. The summed E-state index contributed by atoms with van der Waals surface area (Å²) in [6, 6.07) is 9.10. The zero-order chi connectivity index (χ0) is 19.5. The SMILES string of the molecule is N#C[C@@H]1CSCN1C(=O)CNC(=O)c1ccnc2ccc(COC3CC3)cc12. The number of aromatic nitrogens is 1. The summed E-state index contributed by atoms with van der Waals surface area (Å²) in [5, 5.41) is 12.5. The molecule has 1 aromatic carbocycles.